The highest BCUT2D eigenvalue weighted by Crippen LogP contribution is 2.33. The second-order valence-electron chi connectivity index (χ2n) is 9.58. The second kappa shape index (κ2) is 10.3. The normalized spacial score (nSPS) is 19.2. The van der Waals surface area contributed by atoms with Gasteiger partial charge in [0.25, 0.3) is 5.91 Å². The Hall–Kier alpha value is -4.00. The van der Waals surface area contributed by atoms with Gasteiger partial charge in [0.1, 0.15) is 12.4 Å². The van der Waals surface area contributed by atoms with Crippen LogP contribution >= 0.6 is 0 Å². The van der Waals surface area contributed by atoms with Gasteiger partial charge in [-0.1, -0.05) is 60.7 Å². The molecule has 2 atom stereocenters. The topological polar surface area (TPSA) is 88.6 Å². The molecular formula is C29H29N3O4. The van der Waals surface area contributed by atoms with Gasteiger partial charge in [0, 0.05) is 18.7 Å². The largest absolute Gasteiger partial charge is 0.473 e. The first-order chi connectivity index (χ1) is 17.5. The molecule has 184 valence electrons. The second-order valence-corrected chi connectivity index (χ2v) is 9.58. The lowest BCUT2D eigenvalue weighted by atomic mass is 9.86. The van der Waals surface area contributed by atoms with Crippen LogP contribution in [0.25, 0.3) is 0 Å². The van der Waals surface area contributed by atoms with Crippen molar-refractivity contribution in [3.05, 3.63) is 89.5 Å². The Kier molecular flexibility index (Phi) is 6.80. The van der Waals surface area contributed by atoms with Crippen LogP contribution in [0.1, 0.15) is 29.5 Å². The first kappa shape index (κ1) is 23.7. The Labute approximate surface area is 210 Å². The number of rotatable bonds is 9. The number of hydrogen-bond donors (Lipinski definition) is 1. The van der Waals surface area contributed by atoms with E-state index in [0.717, 1.165) is 29.5 Å². The van der Waals surface area contributed by atoms with Crippen LogP contribution in [-0.4, -0.2) is 35.2 Å². The number of aromatic nitrogens is 1. The molecule has 5 rings (SSSR count). The van der Waals surface area contributed by atoms with Crippen LogP contribution in [0.3, 0.4) is 0 Å². The fourth-order valence-electron chi connectivity index (χ4n) is 4.57. The molecule has 2 aliphatic rings. The molecule has 36 heavy (non-hydrogen) atoms. The Morgan fingerprint density at radius 2 is 1.67 bits per heavy atom. The minimum Gasteiger partial charge on any atom is -0.473 e. The molecule has 2 amide bonds. The maximum absolute atomic E-state index is 13.6. The van der Waals surface area contributed by atoms with Gasteiger partial charge in [0.05, 0.1) is 11.8 Å². The van der Waals surface area contributed by atoms with Crippen molar-refractivity contribution >= 4 is 23.4 Å². The molecule has 3 aromatic rings. The molecule has 0 unspecified atom stereocenters. The lowest BCUT2D eigenvalue weighted by molar-refractivity contribution is -0.141. The minimum atomic E-state index is -0.743. The average molecular weight is 484 g/mol. The zero-order valence-corrected chi connectivity index (χ0v) is 20.2. The molecule has 1 saturated carbocycles. The number of amides is 2. The first-order valence-corrected chi connectivity index (χ1v) is 12.3. The standard InChI is InChI=1S/C29H29N3O4/c1-19-14-25(31-26(15-19)36-18-21-10-6-3-7-11-21)32-17-24(27(33)28(34)30-22-12-13-22)23(29(32)35)16-20-8-4-2-5-9-20/h2-11,14-15,22-24H,12-13,16-18H2,1H3,(H,30,34)/t23-,24+/m1/s1. The van der Waals surface area contributed by atoms with E-state index in [9.17, 15) is 14.4 Å². The van der Waals surface area contributed by atoms with Crippen molar-refractivity contribution in [3.63, 3.8) is 0 Å². The molecular weight excluding hydrogens is 454 g/mol. The maximum Gasteiger partial charge on any atom is 0.287 e. The third kappa shape index (κ3) is 5.46. The Morgan fingerprint density at radius 3 is 2.33 bits per heavy atom. The predicted octanol–water partition coefficient (Wildman–Crippen LogP) is 3.64. The van der Waals surface area contributed by atoms with Gasteiger partial charge in [-0.3, -0.25) is 19.3 Å². The molecule has 7 nitrogen and oxygen atoms in total. The molecule has 1 aromatic heterocycles. The van der Waals surface area contributed by atoms with Crippen molar-refractivity contribution in [1.82, 2.24) is 10.3 Å². The molecule has 1 aliphatic carbocycles. The van der Waals surface area contributed by atoms with Crippen molar-refractivity contribution in [2.45, 2.75) is 38.8 Å². The number of nitrogens with zero attached hydrogens (tertiary/aromatic N) is 2. The number of nitrogens with one attached hydrogen (secondary N) is 1. The van der Waals surface area contributed by atoms with Gasteiger partial charge < -0.3 is 10.1 Å². The van der Waals surface area contributed by atoms with Gasteiger partial charge >= 0.3 is 0 Å². The molecule has 0 radical (unpaired) electrons. The van der Waals surface area contributed by atoms with Crippen molar-refractivity contribution in [2.24, 2.45) is 11.8 Å². The number of benzene rings is 2. The van der Waals surface area contributed by atoms with Gasteiger partial charge in [0.2, 0.25) is 17.6 Å². The molecule has 2 aromatic carbocycles. The molecule has 1 N–H and O–H groups in total. The van der Waals surface area contributed by atoms with Crippen LogP contribution < -0.4 is 15.0 Å². The SMILES string of the molecule is Cc1cc(OCc2ccccc2)nc(N2C[C@H](C(=O)C(=O)NC3CC3)[C@@H](Cc3ccccc3)C2=O)c1. The number of carbonyl (C=O) groups excluding carboxylic acids is 3. The summed E-state index contributed by atoms with van der Waals surface area (Å²) in [4.78, 5) is 45.6. The zero-order valence-electron chi connectivity index (χ0n) is 20.2. The summed E-state index contributed by atoms with van der Waals surface area (Å²) >= 11 is 0. The van der Waals surface area contributed by atoms with E-state index in [-0.39, 0.29) is 18.5 Å². The fourth-order valence-corrected chi connectivity index (χ4v) is 4.57. The minimum absolute atomic E-state index is 0.0741. The van der Waals surface area contributed by atoms with Gasteiger partial charge in [-0.15, -0.1) is 0 Å². The number of anilines is 1. The van der Waals surface area contributed by atoms with Crippen LogP contribution in [0.4, 0.5) is 5.82 Å². The summed E-state index contributed by atoms with van der Waals surface area (Å²) in [6.07, 6.45) is 2.16. The number of ketones is 1. The molecule has 0 spiro atoms. The molecule has 1 saturated heterocycles. The lowest BCUT2D eigenvalue weighted by Gasteiger charge is -2.17. The maximum atomic E-state index is 13.6. The quantitative estimate of drug-likeness (QED) is 0.470. The summed E-state index contributed by atoms with van der Waals surface area (Å²) in [6.45, 7) is 2.37. The van der Waals surface area contributed by atoms with Gasteiger partial charge in [-0.25, -0.2) is 0 Å². The predicted molar refractivity (Wildman–Crippen MR) is 135 cm³/mol. The first-order valence-electron chi connectivity index (χ1n) is 12.3. The van der Waals surface area contributed by atoms with Gasteiger partial charge in [0.15, 0.2) is 0 Å². The smallest absolute Gasteiger partial charge is 0.287 e. The number of ether oxygens (including phenoxy) is 1. The third-order valence-corrected chi connectivity index (χ3v) is 6.66. The van der Waals surface area contributed by atoms with E-state index >= 15 is 0 Å². The summed E-state index contributed by atoms with van der Waals surface area (Å²) in [5, 5.41) is 2.78. The molecule has 2 heterocycles. The van der Waals surface area contributed by atoms with Crippen LogP contribution in [0.2, 0.25) is 0 Å². The summed E-state index contributed by atoms with van der Waals surface area (Å²) in [7, 11) is 0. The summed E-state index contributed by atoms with van der Waals surface area (Å²) in [5.74, 6) is -1.88. The zero-order chi connectivity index (χ0) is 25.1. The van der Waals surface area contributed by atoms with Gasteiger partial charge in [-0.05, 0) is 48.9 Å². The summed E-state index contributed by atoms with van der Waals surface area (Å²) < 4.78 is 5.91. The van der Waals surface area contributed by atoms with Crippen molar-refractivity contribution < 1.29 is 19.1 Å². The number of carbonyl (C=O) groups is 3. The average Bonchev–Trinajstić information content (AvgIpc) is 3.65. The van der Waals surface area contributed by atoms with E-state index in [2.05, 4.69) is 10.3 Å². The lowest BCUT2D eigenvalue weighted by Crippen LogP contribution is -2.39. The molecule has 2 fully saturated rings. The molecule has 1 aliphatic heterocycles. The fraction of sp³-hybridized carbons (Fsp3) is 0.310. The van der Waals surface area contributed by atoms with E-state index in [1.807, 2.05) is 79.7 Å². The molecule has 0 bridgehead atoms. The number of Topliss-reactive ketones (excluding diaryl/α,β-unsaturated/α-hetero) is 1. The van der Waals surface area contributed by atoms with Crippen molar-refractivity contribution in [3.8, 4) is 5.88 Å². The van der Waals surface area contributed by atoms with Gasteiger partial charge in [-0.2, -0.15) is 4.98 Å². The van der Waals surface area contributed by atoms with Crippen molar-refractivity contribution in [2.75, 3.05) is 11.4 Å². The highest BCUT2D eigenvalue weighted by atomic mass is 16.5. The number of aryl methyl sites for hydroxylation is 1. The highest BCUT2D eigenvalue weighted by molar-refractivity contribution is 6.38. The number of hydrogen-bond acceptors (Lipinski definition) is 5. The highest BCUT2D eigenvalue weighted by Gasteiger charge is 2.47. The van der Waals surface area contributed by atoms with E-state index in [1.54, 1.807) is 0 Å². The summed E-state index contributed by atoms with van der Waals surface area (Å²) in [5.41, 5.74) is 2.84. The van der Waals surface area contributed by atoms with Crippen LogP contribution in [0.5, 0.6) is 5.88 Å². The van der Waals surface area contributed by atoms with E-state index in [4.69, 9.17) is 4.74 Å². The van der Waals surface area contributed by atoms with Crippen LogP contribution in [0.15, 0.2) is 72.8 Å². The van der Waals surface area contributed by atoms with E-state index in [0.29, 0.717) is 24.7 Å². The van der Waals surface area contributed by atoms with Crippen molar-refractivity contribution in [1.29, 1.82) is 0 Å². The van der Waals surface area contributed by atoms with Crippen LogP contribution in [-0.2, 0) is 27.4 Å². The van der Waals surface area contributed by atoms with Crippen LogP contribution in [0, 0.1) is 18.8 Å². The third-order valence-electron chi connectivity index (χ3n) is 6.66. The Balaban J connectivity index is 1.39. The Morgan fingerprint density at radius 1 is 1.00 bits per heavy atom. The summed E-state index contributed by atoms with van der Waals surface area (Å²) in [6, 6.07) is 23.1. The molecule has 7 heteroatoms. The van der Waals surface area contributed by atoms with E-state index < -0.39 is 23.5 Å². The monoisotopic (exact) mass is 483 g/mol. The Bertz CT molecular complexity index is 1260. The van der Waals surface area contributed by atoms with E-state index in [1.165, 1.54) is 4.90 Å². The number of pyridine rings is 1.